The average Bonchev–Trinajstić information content (AvgIpc) is 2.86. The van der Waals surface area contributed by atoms with E-state index in [1.807, 2.05) is 0 Å². The molecule has 3 N–H and O–H groups in total. The van der Waals surface area contributed by atoms with Gasteiger partial charge in [0.15, 0.2) is 0 Å². The minimum atomic E-state index is -4.87. The first-order valence-electron chi connectivity index (χ1n) is 11.3. The lowest BCUT2D eigenvalue weighted by molar-refractivity contribution is -0.242. The highest BCUT2D eigenvalue weighted by molar-refractivity contribution is 7.92. The van der Waals surface area contributed by atoms with E-state index in [4.69, 9.17) is 9.84 Å². The van der Waals surface area contributed by atoms with Gasteiger partial charge in [0.05, 0.1) is 17.1 Å². The van der Waals surface area contributed by atoms with Crippen LogP contribution in [0.5, 0.6) is 5.75 Å². The first-order chi connectivity index (χ1) is 18.7. The fourth-order valence-electron chi connectivity index (χ4n) is 2.97. The molecule has 0 aromatic heterocycles. The van der Waals surface area contributed by atoms with Crippen LogP contribution in [-0.4, -0.2) is 69.8 Å². The molecule has 2 aromatic carbocycles. The molecule has 1 aliphatic heterocycles. The zero-order valence-electron chi connectivity index (χ0n) is 21.4. The second kappa shape index (κ2) is 12.4. The molecule has 0 saturated carbocycles. The van der Waals surface area contributed by atoms with Gasteiger partial charge in [-0.05, 0) is 56.3 Å². The first-order valence-corrected chi connectivity index (χ1v) is 12.7. The molecule has 2 aromatic rings. The third kappa shape index (κ3) is 8.35. The van der Waals surface area contributed by atoms with Crippen LogP contribution in [-0.2, 0) is 19.6 Å². The van der Waals surface area contributed by atoms with Crippen molar-refractivity contribution in [3.05, 3.63) is 48.3 Å². The largest absolute Gasteiger partial charge is 0.489 e. The molecule has 0 spiro atoms. The van der Waals surface area contributed by atoms with Crippen LogP contribution in [0.3, 0.4) is 0 Å². The van der Waals surface area contributed by atoms with Gasteiger partial charge in [0, 0.05) is 12.7 Å². The third-order valence-corrected chi connectivity index (χ3v) is 7.09. The molecule has 1 unspecified atom stereocenters. The van der Waals surface area contributed by atoms with Gasteiger partial charge >= 0.3 is 18.4 Å². The lowest BCUT2D eigenvalue weighted by Crippen LogP contribution is -2.44. The second-order valence-corrected chi connectivity index (χ2v) is 10.5. The van der Waals surface area contributed by atoms with Crippen LogP contribution >= 0.6 is 0 Å². The van der Waals surface area contributed by atoms with E-state index >= 15 is 0 Å². The van der Waals surface area contributed by atoms with E-state index in [0.29, 0.717) is 13.8 Å². The summed E-state index contributed by atoms with van der Waals surface area (Å²) in [6.45, 7) is 1.37. The van der Waals surface area contributed by atoms with Crippen molar-refractivity contribution < 1.29 is 63.3 Å². The number of halogens is 7. The molecule has 228 valence electrons. The van der Waals surface area contributed by atoms with Crippen LogP contribution < -0.4 is 19.7 Å². The van der Waals surface area contributed by atoms with Crippen molar-refractivity contribution in [2.45, 2.75) is 42.8 Å². The molecular weight excluding hydrogens is 595 g/mol. The Labute approximate surface area is 229 Å². The summed E-state index contributed by atoms with van der Waals surface area (Å²) in [5.74, 6) is -1.87. The smallest absolute Gasteiger partial charge is 0.427 e. The highest BCUT2D eigenvalue weighted by Crippen LogP contribution is 2.38. The number of aliphatic hydroxyl groups excluding tert-OH is 1. The molecule has 18 heteroatoms. The number of carbonyl (C=O) groups is 2. The van der Waals surface area contributed by atoms with Crippen molar-refractivity contribution in [1.29, 1.82) is 0 Å². The highest BCUT2D eigenvalue weighted by atomic mass is 32.2. The van der Waals surface area contributed by atoms with Gasteiger partial charge in [-0.2, -0.15) is 26.3 Å². The highest BCUT2D eigenvalue weighted by Gasteiger charge is 2.51. The van der Waals surface area contributed by atoms with Gasteiger partial charge in [-0.25, -0.2) is 17.6 Å². The number of sulfonamides is 1. The molecule has 3 rings (SSSR count). The molecule has 1 heterocycles. The van der Waals surface area contributed by atoms with Gasteiger partial charge in [-0.3, -0.25) is 14.4 Å². The molecule has 1 atom stereocenters. The molecule has 2 amide bonds. The van der Waals surface area contributed by atoms with Gasteiger partial charge < -0.3 is 19.9 Å². The predicted molar refractivity (Wildman–Crippen MR) is 129 cm³/mol. The molecule has 0 saturated heterocycles. The van der Waals surface area contributed by atoms with E-state index in [1.54, 1.807) is 5.32 Å². The van der Waals surface area contributed by atoms with Crippen molar-refractivity contribution in [3.8, 4) is 5.75 Å². The number of nitrogens with one attached hydrogen (secondary N) is 2. The van der Waals surface area contributed by atoms with Gasteiger partial charge in [0.25, 0.3) is 15.9 Å². The SMILES string of the molecule is CC(C)(OC(=O)Nc1ccc2c(c1)N(S(=O)(=O)c1ccc(F)cc1)CCO2)C(F)(F)F.CNC(=O)C(O)C(F)(F)F. The van der Waals surface area contributed by atoms with E-state index in [9.17, 15) is 48.7 Å². The zero-order valence-corrected chi connectivity index (χ0v) is 22.2. The van der Waals surface area contributed by atoms with Crippen molar-refractivity contribution in [3.63, 3.8) is 0 Å². The van der Waals surface area contributed by atoms with Gasteiger partial charge in [-0.15, -0.1) is 0 Å². The summed E-state index contributed by atoms with van der Waals surface area (Å²) in [5.41, 5.74) is -2.68. The molecule has 0 fully saturated rings. The number of hydrogen-bond donors (Lipinski definition) is 3. The van der Waals surface area contributed by atoms with E-state index in [-0.39, 0.29) is 35.2 Å². The topological polar surface area (TPSA) is 134 Å². The van der Waals surface area contributed by atoms with Crippen LogP contribution in [0, 0.1) is 5.82 Å². The van der Waals surface area contributed by atoms with Gasteiger partial charge in [0.2, 0.25) is 11.7 Å². The number of carbonyl (C=O) groups excluding carboxylic acids is 2. The lowest BCUT2D eigenvalue weighted by atomic mass is 10.1. The maximum Gasteiger partial charge on any atom is 0.427 e. The summed E-state index contributed by atoms with van der Waals surface area (Å²) in [5, 5.41) is 11.9. The minimum Gasteiger partial charge on any atom is -0.489 e. The number of ether oxygens (including phenoxy) is 2. The maximum absolute atomic E-state index is 13.2. The minimum absolute atomic E-state index is 0.00784. The molecular formula is C23H24F7N3O7S. The summed E-state index contributed by atoms with van der Waals surface area (Å²) in [6, 6.07) is 8.16. The van der Waals surface area contributed by atoms with Crippen molar-refractivity contribution in [1.82, 2.24) is 5.32 Å². The number of likely N-dealkylation sites (N-methyl/N-ethyl adjacent to an activating group) is 1. The number of rotatable bonds is 5. The molecule has 0 radical (unpaired) electrons. The maximum atomic E-state index is 13.2. The first kappa shape index (κ1) is 33.4. The Bertz CT molecular complexity index is 1350. The fourth-order valence-corrected chi connectivity index (χ4v) is 4.42. The number of anilines is 2. The van der Waals surface area contributed by atoms with Crippen LogP contribution in [0.1, 0.15) is 13.8 Å². The monoisotopic (exact) mass is 619 g/mol. The fraction of sp³-hybridized carbons (Fsp3) is 0.391. The molecule has 0 bridgehead atoms. The summed E-state index contributed by atoms with van der Waals surface area (Å²) < 4.78 is 123. The second-order valence-electron chi connectivity index (χ2n) is 8.64. The molecule has 10 nitrogen and oxygen atoms in total. The zero-order chi connectivity index (χ0) is 31.4. The van der Waals surface area contributed by atoms with E-state index < -0.39 is 51.9 Å². The number of fused-ring (bicyclic) bond motifs is 1. The molecule has 41 heavy (non-hydrogen) atoms. The number of amides is 2. The summed E-state index contributed by atoms with van der Waals surface area (Å²) >= 11 is 0. The van der Waals surface area contributed by atoms with Crippen molar-refractivity contribution >= 4 is 33.4 Å². The van der Waals surface area contributed by atoms with Crippen LogP contribution in [0.2, 0.25) is 0 Å². The summed E-state index contributed by atoms with van der Waals surface area (Å²) in [7, 11) is -3.08. The Morgan fingerprint density at radius 1 is 1.05 bits per heavy atom. The Morgan fingerprint density at radius 2 is 1.63 bits per heavy atom. The summed E-state index contributed by atoms with van der Waals surface area (Å²) in [4.78, 5) is 21.9. The van der Waals surface area contributed by atoms with Gasteiger partial charge in [0.1, 0.15) is 18.2 Å². The normalized spacial score (nSPS) is 14.5. The Morgan fingerprint density at radius 3 is 2.12 bits per heavy atom. The van der Waals surface area contributed by atoms with E-state index in [0.717, 1.165) is 35.6 Å². The van der Waals surface area contributed by atoms with E-state index in [2.05, 4.69) is 10.1 Å². The van der Waals surface area contributed by atoms with Crippen molar-refractivity contribution in [2.24, 2.45) is 0 Å². The average molecular weight is 620 g/mol. The quantitative estimate of drug-likeness (QED) is 0.432. The number of alkyl halides is 6. The number of benzene rings is 2. The molecule has 0 aliphatic carbocycles. The Balaban J connectivity index is 0.000000503. The van der Waals surface area contributed by atoms with E-state index in [1.165, 1.54) is 18.2 Å². The van der Waals surface area contributed by atoms with Crippen molar-refractivity contribution in [2.75, 3.05) is 29.8 Å². The Kier molecular flexibility index (Phi) is 10.1. The third-order valence-electron chi connectivity index (χ3n) is 5.26. The Hall–Kier alpha value is -3.80. The number of aliphatic hydroxyl groups is 1. The predicted octanol–water partition coefficient (Wildman–Crippen LogP) is 3.96. The lowest BCUT2D eigenvalue weighted by Gasteiger charge is -2.31. The number of nitrogens with zero attached hydrogens (tertiary/aromatic N) is 1. The standard InChI is InChI=1S/C19H18F4N2O5S.C4H6F3NO2/c1-18(2,19(21,22)23)30-17(26)24-13-5-8-16-15(11-13)25(9-10-29-16)31(27,28)14-6-3-12(20)4-7-14;1-8-3(10)2(9)4(5,6)7/h3-8,11H,9-10H2,1-2H3,(H,24,26);2,9H,1H3,(H,8,10). The van der Waals surface area contributed by atoms with Crippen LogP contribution in [0.25, 0.3) is 0 Å². The summed E-state index contributed by atoms with van der Waals surface area (Å²) in [6.07, 6.45) is -13.9. The van der Waals surface area contributed by atoms with Crippen LogP contribution in [0.15, 0.2) is 47.4 Å². The number of hydrogen-bond acceptors (Lipinski definition) is 7. The van der Waals surface area contributed by atoms with Crippen LogP contribution in [0.4, 0.5) is 46.9 Å². The molecule has 1 aliphatic rings. The van der Waals surface area contributed by atoms with Gasteiger partial charge in [-0.1, -0.05) is 0 Å².